The lowest BCUT2D eigenvalue weighted by Crippen LogP contribution is -2.27. The minimum Gasteiger partial charge on any atom is -0.327 e. The molecule has 1 rings (SSSR count). The summed E-state index contributed by atoms with van der Waals surface area (Å²) in [5.41, 5.74) is 2.73. The van der Waals surface area contributed by atoms with Crippen molar-refractivity contribution in [2.75, 3.05) is 6.54 Å². The number of hydrogen-bond donors (Lipinski definition) is 1. The van der Waals surface area contributed by atoms with Crippen molar-refractivity contribution in [2.24, 2.45) is 5.73 Å². The van der Waals surface area contributed by atoms with E-state index in [1.54, 1.807) is 0 Å². The molecule has 0 aliphatic carbocycles. The molecule has 2 N–H and O–H groups in total. The van der Waals surface area contributed by atoms with Gasteiger partial charge in [0.25, 0.3) is 0 Å². The molecule has 4 heteroatoms. The number of halogens is 3. The van der Waals surface area contributed by atoms with Crippen LogP contribution < -0.4 is 5.73 Å². The SMILES string of the molecule is CC(F)(CN)c1cc(F)ccc1F. The van der Waals surface area contributed by atoms with Crippen molar-refractivity contribution < 1.29 is 13.2 Å². The number of nitrogens with two attached hydrogens (primary N) is 1. The van der Waals surface area contributed by atoms with Crippen molar-refractivity contribution in [3.8, 4) is 0 Å². The van der Waals surface area contributed by atoms with Crippen LogP contribution in [0.1, 0.15) is 12.5 Å². The Hall–Kier alpha value is -1.03. The van der Waals surface area contributed by atoms with Crippen LogP contribution in [0.3, 0.4) is 0 Å². The maximum absolute atomic E-state index is 13.5. The molecule has 0 spiro atoms. The number of hydrogen-bond acceptors (Lipinski definition) is 1. The van der Waals surface area contributed by atoms with Crippen molar-refractivity contribution in [3.63, 3.8) is 0 Å². The van der Waals surface area contributed by atoms with E-state index in [1.165, 1.54) is 0 Å². The Morgan fingerprint density at radius 2 is 2.00 bits per heavy atom. The van der Waals surface area contributed by atoms with Gasteiger partial charge in [-0.15, -0.1) is 0 Å². The Morgan fingerprint density at radius 1 is 1.38 bits per heavy atom. The molecule has 0 saturated heterocycles. The van der Waals surface area contributed by atoms with E-state index in [1.807, 2.05) is 0 Å². The highest BCUT2D eigenvalue weighted by atomic mass is 19.2. The van der Waals surface area contributed by atoms with Gasteiger partial charge in [-0.25, -0.2) is 13.2 Å². The van der Waals surface area contributed by atoms with Gasteiger partial charge >= 0.3 is 0 Å². The molecule has 0 amide bonds. The van der Waals surface area contributed by atoms with E-state index in [-0.39, 0.29) is 12.1 Å². The minimum absolute atomic E-state index is 0.338. The van der Waals surface area contributed by atoms with Gasteiger partial charge in [-0.1, -0.05) is 0 Å². The molecular formula is C9H10F3N. The maximum atomic E-state index is 13.5. The van der Waals surface area contributed by atoms with Crippen LogP contribution in [0.15, 0.2) is 18.2 Å². The summed E-state index contributed by atoms with van der Waals surface area (Å²) in [4.78, 5) is 0. The molecule has 13 heavy (non-hydrogen) atoms. The van der Waals surface area contributed by atoms with Gasteiger partial charge < -0.3 is 5.73 Å². The van der Waals surface area contributed by atoms with E-state index in [0.29, 0.717) is 0 Å². The lowest BCUT2D eigenvalue weighted by molar-refractivity contribution is 0.195. The Morgan fingerprint density at radius 3 is 2.54 bits per heavy atom. The van der Waals surface area contributed by atoms with Crippen LogP contribution in [-0.2, 0) is 5.67 Å². The van der Waals surface area contributed by atoms with Crippen LogP contribution in [-0.4, -0.2) is 6.54 Å². The lowest BCUT2D eigenvalue weighted by Gasteiger charge is -2.18. The molecule has 0 fully saturated rings. The molecule has 0 radical (unpaired) electrons. The minimum atomic E-state index is -2.02. The first-order chi connectivity index (χ1) is 5.97. The summed E-state index contributed by atoms with van der Waals surface area (Å²) in [5.74, 6) is -1.45. The van der Waals surface area contributed by atoms with Crippen LogP contribution in [0.4, 0.5) is 13.2 Å². The van der Waals surface area contributed by atoms with E-state index in [0.717, 1.165) is 25.1 Å². The van der Waals surface area contributed by atoms with Gasteiger partial charge in [0.1, 0.15) is 17.3 Å². The molecule has 1 unspecified atom stereocenters. The normalized spacial score (nSPS) is 15.5. The molecule has 1 atom stereocenters. The van der Waals surface area contributed by atoms with E-state index in [9.17, 15) is 13.2 Å². The molecule has 0 aliphatic heterocycles. The van der Waals surface area contributed by atoms with Crippen molar-refractivity contribution in [2.45, 2.75) is 12.6 Å². The molecule has 1 aromatic rings. The molecule has 0 heterocycles. The predicted molar refractivity (Wildman–Crippen MR) is 43.9 cm³/mol. The largest absolute Gasteiger partial charge is 0.327 e. The van der Waals surface area contributed by atoms with Crippen LogP contribution in [0.25, 0.3) is 0 Å². The van der Waals surface area contributed by atoms with Crippen LogP contribution in [0.5, 0.6) is 0 Å². The van der Waals surface area contributed by atoms with Gasteiger partial charge in [0.05, 0.1) is 0 Å². The Kier molecular flexibility index (Phi) is 2.61. The topological polar surface area (TPSA) is 26.0 Å². The monoisotopic (exact) mass is 189 g/mol. The van der Waals surface area contributed by atoms with Crippen LogP contribution >= 0.6 is 0 Å². The summed E-state index contributed by atoms with van der Waals surface area (Å²) in [6, 6.07) is 2.64. The van der Waals surface area contributed by atoms with Gasteiger partial charge in [-0.05, 0) is 25.1 Å². The zero-order chi connectivity index (χ0) is 10.1. The van der Waals surface area contributed by atoms with Gasteiger partial charge in [0, 0.05) is 12.1 Å². The zero-order valence-corrected chi connectivity index (χ0v) is 7.15. The molecule has 1 nitrogen and oxygen atoms in total. The first-order valence-electron chi connectivity index (χ1n) is 3.82. The molecule has 0 aromatic heterocycles. The van der Waals surface area contributed by atoms with Crippen molar-refractivity contribution in [3.05, 3.63) is 35.4 Å². The number of benzene rings is 1. The molecule has 0 saturated carbocycles. The average Bonchev–Trinajstić information content (AvgIpc) is 2.09. The highest BCUT2D eigenvalue weighted by molar-refractivity contribution is 5.25. The van der Waals surface area contributed by atoms with Gasteiger partial charge in [-0.3, -0.25) is 0 Å². The average molecular weight is 189 g/mol. The summed E-state index contributed by atoms with van der Waals surface area (Å²) in [6.45, 7) is 0.734. The third kappa shape index (κ3) is 2.01. The third-order valence-corrected chi connectivity index (χ3v) is 1.87. The van der Waals surface area contributed by atoms with Gasteiger partial charge in [0.2, 0.25) is 0 Å². The fourth-order valence-corrected chi connectivity index (χ4v) is 1.01. The Labute approximate surface area is 74.4 Å². The summed E-state index contributed by atoms with van der Waals surface area (Å²) in [6.07, 6.45) is 0. The smallest absolute Gasteiger partial charge is 0.148 e. The molecular weight excluding hydrogens is 179 g/mol. The second-order valence-corrected chi connectivity index (χ2v) is 3.03. The fraction of sp³-hybridized carbons (Fsp3) is 0.333. The quantitative estimate of drug-likeness (QED) is 0.757. The molecule has 72 valence electrons. The second-order valence-electron chi connectivity index (χ2n) is 3.03. The highest BCUT2D eigenvalue weighted by Crippen LogP contribution is 2.27. The highest BCUT2D eigenvalue weighted by Gasteiger charge is 2.27. The van der Waals surface area contributed by atoms with Crippen LogP contribution in [0, 0.1) is 11.6 Å². The maximum Gasteiger partial charge on any atom is 0.148 e. The fourth-order valence-electron chi connectivity index (χ4n) is 1.01. The molecule has 0 bridgehead atoms. The summed E-state index contributed by atoms with van der Waals surface area (Å²) in [5, 5.41) is 0. The van der Waals surface area contributed by atoms with Crippen molar-refractivity contribution in [1.29, 1.82) is 0 Å². The zero-order valence-electron chi connectivity index (χ0n) is 7.15. The third-order valence-electron chi connectivity index (χ3n) is 1.87. The first kappa shape index (κ1) is 10.1. The van der Waals surface area contributed by atoms with E-state index in [2.05, 4.69) is 0 Å². The summed E-state index contributed by atoms with van der Waals surface area (Å²) < 4.78 is 39.1. The van der Waals surface area contributed by atoms with Crippen molar-refractivity contribution in [1.82, 2.24) is 0 Å². The van der Waals surface area contributed by atoms with E-state index >= 15 is 0 Å². The first-order valence-corrected chi connectivity index (χ1v) is 3.82. The number of alkyl halides is 1. The summed E-state index contributed by atoms with van der Waals surface area (Å²) in [7, 11) is 0. The van der Waals surface area contributed by atoms with Gasteiger partial charge in [0.15, 0.2) is 0 Å². The lowest BCUT2D eigenvalue weighted by atomic mass is 9.97. The van der Waals surface area contributed by atoms with Crippen LogP contribution in [0.2, 0.25) is 0 Å². The second kappa shape index (κ2) is 3.38. The molecule has 1 aromatic carbocycles. The molecule has 0 aliphatic rings. The number of rotatable bonds is 2. The Balaban J connectivity index is 3.20. The Bertz CT molecular complexity index is 310. The van der Waals surface area contributed by atoms with E-state index in [4.69, 9.17) is 5.73 Å². The summed E-state index contributed by atoms with van der Waals surface area (Å²) >= 11 is 0. The predicted octanol–water partition coefficient (Wildman–Crippen LogP) is 2.11. The van der Waals surface area contributed by atoms with E-state index < -0.39 is 17.3 Å². The standard InChI is InChI=1S/C9H10F3N/c1-9(12,5-13)7-4-6(10)2-3-8(7)11/h2-4H,5,13H2,1H3. The van der Waals surface area contributed by atoms with Crippen molar-refractivity contribution >= 4 is 0 Å². The van der Waals surface area contributed by atoms with Gasteiger partial charge in [-0.2, -0.15) is 0 Å².